The van der Waals surface area contributed by atoms with Gasteiger partial charge in [0.05, 0.1) is 12.6 Å². The Morgan fingerprint density at radius 1 is 1.48 bits per heavy atom. The molecule has 6 nitrogen and oxygen atoms in total. The van der Waals surface area contributed by atoms with Crippen LogP contribution in [0.5, 0.6) is 0 Å². The van der Waals surface area contributed by atoms with Crippen molar-refractivity contribution in [3.63, 3.8) is 0 Å². The summed E-state index contributed by atoms with van der Waals surface area (Å²) in [6.07, 6.45) is 1.34. The lowest BCUT2D eigenvalue weighted by Crippen LogP contribution is -2.27. The highest BCUT2D eigenvalue weighted by Gasteiger charge is 2.13. The summed E-state index contributed by atoms with van der Waals surface area (Å²) in [5.74, 6) is 5.39. The van der Waals surface area contributed by atoms with Gasteiger partial charge in [-0.2, -0.15) is 0 Å². The van der Waals surface area contributed by atoms with Crippen LogP contribution >= 0.6 is 0 Å². The van der Waals surface area contributed by atoms with Gasteiger partial charge in [0.25, 0.3) is 5.91 Å². The third-order valence-electron chi connectivity index (χ3n) is 2.91. The van der Waals surface area contributed by atoms with Gasteiger partial charge in [-0.15, -0.1) is 0 Å². The first-order valence-corrected chi connectivity index (χ1v) is 6.47. The molecule has 0 fully saturated rings. The van der Waals surface area contributed by atoms with Crippen molar-refractivity contribution in [1.29, 1.82) is 0 Å². The Bertz CT molecular complexity index is 749. The minimum absolute atomic E-state index is 0.200. The zero-order valence-corrected chi connectivity index (χ0v) is 11.6. The van der Waals surface area contributed by atoms with Crippen LogP contribution in [0.3, 0.4) is 0 Å². The number of hydrogen-bond donors (Lipinski definition) is 4. The van der Waals surface area contributed by atoms with Crippen LogP contribution in [0.1, 0.15) is 34.6 Å². The maximum atomic E-state index is 12.0. The first kappa shape index (κ1) is 14.6. The molecule has 108 valence electrons. The van der Waals surface area contributed by atoms with Crippen LogP contribution in [0.25, 0.3) is 0 Å². The first-order chi connectivity index (χ1) is 10.1. The second-order valence-corrected chi connectivity index (χ2v) is 4.48. The number of rotatable bonds is 3. The Hall–Kier alpha value is -2.78. The number of benzene rings is 1. The Labute approximate surface area is 121 Å². The molecule has 0 aliphatic rings. The van der Waals surface area contributed by atoms with Gasteiger partial charge in [0.1, 0.15) is 5.69 Å². The summed E-state index contributed by atoms with van der Waals surface area (Å²) in [7, 11) is 0. The Morgan fingerprint density at radius 3 is 2.95 bits per heavy atom. The smallest absolute Gasteiger partial charge is 0.323 e. The van der Waals surface area contributed by atoms with E-state index in [1.807, 2.05) is 31.2 Å². The van der Waals surface area contributed by atoms with Crippen molar-refractivity contribution in [1.82, 2.24) is 15.3 Å². The minimum atomic E-state index is -0.410. The van der Waals surface area contributed by atoms with Crippen molar-refractivity contribution in [3.05, 3.63) is 57.8 Å². The molecule has 1 unspecified atom stereocenters. The molecule has 1 aromatic carbocycles. The molecule has 6 heteroatoms. The van der Waals surface area contributed by atoms with E-state index in [2.05, 4.69) is 27.1 Å². The quantitative estimate of drug-likeness (QED) is 0.617. The minimum Gasteiger partial charge on any atom is -0.344 e. The number of aromatic nitrogens is 2. The molecule has 0 bridgehead atoms. The third-order valence-corrected chi connectivity index (χ3v) is 2.91. The monoisotopic (exact) mass is 284 g/mol. The molecular weight excluding hydrogens is 268 g/mol. The number of amides is 1. The average Bonchev–Trinajstić information content (AvgIpc) is 2.92. The zero-order chi connectivity index (χ0) is 15.2. The lowest BCUT2D eigenvalue weighted by atomic mass is 10.1. The number of aromatic amines is 2. The predicted molar refractivity (Wildman–Crippen MR) is 79.7 cm³/mol. The van der Waals surface area contributed by atoms with E-state index in [9.17, 15) is 9.59 Å². The Balaban J connectivity index is 2.11. The van der Waals surface area contributed by atoms with E-state index in [0.717, 1.165) is 11.1 Å². The maximum absolute atomic E-state index is 12.0. The molecule has 2 rings (SSSR count). The molecule has 0 saturated carbocycles. The molecule has 1 atom stereocenters. The van der Waals surface area contributed by atoms with Gasteiger partial charge in [0.15, 0.2) is 0 Å². The van der Waals surface area contributed by atoms with Crippen LogP contribution in [-0.2, 0) is 0 Å². The summed E-state index contributed by atoms with van der Waals surface area (Å²) in [6.45, 7) is 2.16. The number of carbonyl (C=O) groups is 1. The van der Waals surface area contributed by atoms with E-state index in [-0.39, 0.29) is 17.6 Å². The first-order valence-electron chi connectivity index (χ1n) is 6.47. The molecule has 0 radical (unpaired) electrons. The summed E-state index contributed by atoms with van der Waals surface area (Å²) < 4.78 is 0. The third kappa shape index (κ3) is 3.84. The topological polar surface area (TPSA) is 104 Å². The van der Waals surface area contributed by atoms with Crippen molar-refractivity contribution in [2.75, 3.05) is 6.54 Å². The van der Waals surface area contributed by atoms with Gasteiger partial charge in [-0.3, -0.25) is 4.79 Å². The number of imidazole rings is 1. The largest absolute Gasteiger partial charge is 0.344 e. The Kier molecular flexibility index (Phi) is 4.59. The van der Waals surface area contributed by atoms with Gasteiger partial charge in [-0.05, 0) is 24.6 Å². The summed E-state index contributed by atoms with van der Waals surface area (Å²) >= 11 is 0. The number of nitrogens with two attached hydrogens (primary N) is 1. The highest BCUT2D eigenvalue weighted by molar-refractivity contribution is 5.92. The number of carbonyl (C=O) groups excluding carboxylic acids is 1. The number of nitrogens with one attached hydrogen (secondary N) is 3. The Morgan fingerprint density at radius 2 is 2.29 bits per heavy atom. The lowest BCUT2D eigenvalue weighted by molar-refractivity contribution is 0.0935. The lowest BCUT2D eigenvalue weighted by Gasteiger charge is -2.13. The fourth-order valence-corrected chi connectivity index (χ4v) is 1.85. The number of H-pyrrole nitrogens is 2. The van der Waals surface area contributed by atoms with Crippen LogP contribution in [0.15, 0.2) is 35.3 Å². The fourth-order valence-electron chi connectivity index (χ4n) is 1.85. The molecule has 0 aliphatic heterocycles. The van der Waals surface area contributed by atoms with Gasteiger partial charge in [0.2, 0.25) is 0 Å². The summed E-state index contributed by atoms with van der Waals surface area (Å²) in [5.41, 5.74) is 6.90. The number of hydrogen-bond acceptors (Lipinski definition) is 3. The molecule has 2 aromatic rings. The normalized spacial score (nSPS) is 11.3. The zero-order valence-electron chi connectivity index (χ0n) is 11.6. The fraction of sp³-hybridized carbons (Fsp3) is 0.200. The molecule has 1 heterocycles. The van der Waals surface area contributed by atoms with Crippen LogP contribution < -0.4 is 16.7 Å². The van der Waals surface area contributed by atoms with Crippen LogP contribution in [0.4, 0.5) is 0 Å². The van der Waals surface area contributed by atoms with Crippen molar-refractivity contribution in [3.8, 4) is 11.8 Å². The van der Waals surface area contributed by atoms with Crippen LogP contribution in [0, 0.1) is 11.8 Å². The predicted octanol–water partition coefficient (Wildman–Crippen LogP) is 0.504. The van der Waals surface area contributed by atoms with Crippen molar-refractivity contribution in [2.45, 2.75) is 13.0 Å². The second-order valence-electron chi connectivity index (χ2n) is 4.48. The van der Waals surface area contributed by atoms with Crippen molar-refractivity contribution < 1.29 is 4.79 Å². The van der Waals surface area contributed by atoms with E-state index in [0.29, 0.717) is 6.54 Å². The van der Waals surface area contributed by atoms with E-state index in [1.54, 1.807) is 0 Å². The SMILES string of the molecule is CC(NC(=O)c1c[nH]c(=O)[nH]1)c1cccc(C#CCN)c1. The second kappa shape index (κ2) is 6.59. The average molecular weight is 284 g/mol. The van der Waals surface area contributed by atoms with Crippen LogP contribution in [-0.4, -0.2) is 22.4 Å². The highest BCUT2D eigenvalue weighted by Crippen LogP contribution is 2.14. The molecule has 0 spiro atoms. The van der Waals surface area contributed by atoms with Gasteiger partial charge in [-0.25, -0.2) is 4.79 Å². The molecule has 5 N–H and O–H groups in total. The standard InChI is InChI=1S/C15H16N4O2/c1-10(18-14(20)13-9-17-15(21)19-13)12-6-2-4-11(8-12)5-3-7-16/h2,4,6,8-10H,7,16H2,1H3,(H,18,20)(H2,17,19,21). The molecule has 1 aromatic heterocycles. The van der Waals surface area contributed by atoms with Gasteiger partial charge < -0.3 is 21.0 Å². The van der Waals surface area contributed by atoms with E-state index in [4.69, 9.17) is 5.73 Å². The molecule has 21 heavy (non-hydrogen) atoms. The van der Waals surface area contributed by atoms with Crippen LogP contribution in [0.2, 0.25) is 0 Å². The van der Waals surface area contributed by atoms with E-state index >= 15 is 0 Å². The molecule has 1 amide bonds. The van der Waals surface area contributed by atoms with Crippen molar-refractivity contribution >= 4 is 5.91 Å². The summed E-state index contributed by atoms with van der Waals surface area (Å²) in [6, 6.07) is 7.34. The van der Waals surface area contributed by atoms with Gasteiger partial charge >= 0.3 is 5.69 Å². The summed E-state index contributed by atoms with van der Waals surface area (Å²) in [4.78, 5) is 27.7. The highest BCUT2D eigenvalue weighted by atomic mass is 16.2. The maximum Gasteiger partial charge on any atom is 0.323 e. The van der Waals surface area contributed by atoms with Gasteiger partial charge in [-0.1, -0.05) is 24.0 Å². The van der Waals surface area contributed by atoms with Gasteiger partial charge in [0, 0.05) is 11.8 Å². The summed E-state index contributed by atoms with van der Waals surface area (Å²) in [5, 5.41) is 2.81. The van der Waals surface area contributed by atoms with Crippen molar-refractivity contribution in [2.24, 2.45) is 5.73 Å². The molecule has 0 saturated heterocycles. The molecule has 0 aliphatic carbocycles. The van der Waals surface area contributed by atoms with E-state index in [1.165, 1.54) is 6.20 Å². The van der Waals surface area contributed by atoms with E-state index < -0.39 is 5.69 Å². The molecular formula is C15H16N4O2.